The van der Waals surface area contributed by atoms with Crippen LogP contribution in [-0.4, -0.2) is 65.9 Å². The Kier molecular flexibility index (Phi) is 7.11. The molecule has 0 radical (unpaired) electrons. The summed E-state index contributed by atoms with van der Waals surface area (Å²) in [6.45, 7) is 3.60. The number of carbonyl (C=O) groups excluding carboxylic acids is 2. The van der Waals surface area contributed by atoms with Crippen LogP contribution in [0.3, 0.4) is 0 Å². The molecule has 2 aliphatic heterocycles. The highest BCUT2D eigenvalue weighted by Gasteiger charge is 2.32. The van der Waals surface area contributed by atoms with Crippen molar-refractivity contribution in [3.8, 4) is 0 Å². The van der Waals surface area contributed by atoms with Gasteiger partial charge < -0.3 is 14.8 Å². The smallest absolute Gasteiger partial charge is 0.270 e. The number of amides is 2. The lowest BCUT2D eigenvalue weighted by Gasteiger charge is -2.32. The first-order valence-electron chi connectivity index (χ1n) is 11.3. The molecule has 11 heteroatoms. The minimum absolute atomic E-state index is 0.000950. The molecule has 2 amide bonds. The zero-order chi connectivity index (χ0) is 24.5. The Hall–Kier alpha value is -2.69. The second-order valence-electron chi connectivity index (χ2n) is 8.41. The Morgan fingerprint density at radius 1 is 1.09 bits per heavy atom. The molecule has 1 N–H and O–H groups in total. The van der Waals surface area contributed by atoms with Gasteiger partial charge in [0.05, 0.1) is 5.75 Å². The van der Waals surface area contributed by atoms with Crippen LogP contribution in [0.1, 0.15) is 45.3 Å². The molecular weight excluding hydrogens is 480 g/mol. The molecule has 0 unspecified atom stereocenters. The van der Waals surface area contributed by atoms with Gasteiger partial charge in [-0.3, -0.25) is 14.4 Å². The maximum atomic E-state index is 13.2. The number of nitrogens with one attached hydrogen (secondary N) is 1. The van der Waals surface area contributed by atoms with Gasteiger partial charge in [-0.1, -0.05) is 30.7 Å². The third-order valence-electron chi connectivity index (χ3n) is 6.27. The summed E-state index contributed by atoms with van der Waals surface area (Å²) in [6.07, 6.45) is 1.06. The average Bonchev–Trinajstić information content (AvgIpc) is 3.16. The van der Waals surface area contributed by atoms with Crippen molar-refractivity contribution in [3.63, 3.8) is 0 Å². The van der Waals surface area contributed by atoms with Crippen molar-refractivity contribution in [2.45, 2.75) is 32.9 Å². The second kappa shape index (κ2) is 9.89. The van der Waals surface area contributed by atoms with Crippen molar-refractivity contribution in [3.05, 3.63) is 68.1 Å². The van der Waals surface area contributed by atoms with Gasteiger partial charge in [0, 0.05) is 44.3 Å². The predicted octanol–water partition coefficient (Wildman–Crippen LogP) is 1.49. The minimum atomic E-state index is -3.24. The van der Waals surface area contributed by atoms with Gasteiger partial charge in [-0.15, -0.1) is 0 Å². The van der Waals surface area contributed by atoms with E-state index in [0.717, 1.165) is 5.56 Å². The number of pyridine rings is 1. The molecule has 0 bridgehead atoms. The first kappa shape index (κ1) is 24.4. The quantitative estimate of drug-likeness (QED) is 0.612. The molecule has 34 heavy (non-hydrogen) atoms. The van der Waals surface area contributed by atoms with Crippen LogP contribution in [0.2, 0.25) is 5.02 Å². The van der Waals surface area contributed by atoms with Crippen LogP contribution >= 0.6 is 11.6 Å². The van der Waals surface area contributed by atoms with Gasteiger partial charge in [-0.25, -0.2) is 12.7 Å². The highest BCUT2D eigenvalue weighted by atomic mass is 35.5. The Balaban J connectivity index is 1.52. The number of rotatable bonds is 7. The summed E-state index contributed by atoms with van der Waals surface area (Å²) in [4.78, 5) is 40.7. The summed E-state index contributed by atoms with van der Waals surface area (Å²) in [7, 11) is -3.24. The minimum Gasteiger partial charge on any atom is -0.348 e. The maximum Gasteiger partial charge on any atom is 0.270 e. The van der Waals surface area contributed by atoms with Crippen LogP contribution in [0.5, 0.6) is 0 Å². The van der Waals surface area contributed by atoms with Crippen molar-refractivity contribution >= 4 is 33.4 Å². The average molecular weight is 507 g/mol. The fourth-order valence-electron chi connectivity index (χ4n) is 4.36. The van der Waals surface area contributed by atoms with Crippen molar-refractivity contribution < 1.29 is 18.0 Å². The lowest BCUT2D eigenvalue weighted by Crippen LogP contribution is -2.49. The summed E-state index contributed by atoms with van der Waals surface area (Å²) in [6, 6.07) is 8.53. The molecule has 2 aliphatic rings. The molecule has 3 heterocycles. The van der Waals surface area contributed by atoms with Crippen LogP contribution in [-0.2, 0) is 29.5 Å². The third-order valence-corrected chi connectivity index (χ3v) is 8.47. The molecule has 0 atom stereocenters. The number of hydrogen-bond acceptors (Lipinski definition) is 5. The molecule has 182 valence electrons. The molecule has 0 saturated carbocycles. The van der Waals surface area contributed by atoms with E-state index in [4.69, 9.17) is 11.6 Å². The fourth-order valence-corrected chi connectivity index (χ4v) is 6.01. The number of hydrogen-bond donors (Lipinski definition) is 1. The summed E-state index contributed by atoms with van der Waals surface area (Å²) in [5, 5.41) is 3.35. The third kappa shape index (κ3) is 4.89. The van der Waals surface area contributed by atoms with E-state index in [-0.39, 0.29) is 55.6 Å². The van der Waals surface area contributed by atoms with Crippen LogP contribution in [0, 0.1) is 0 Å². The van der Waals surface area contributed by atoms with Crippen molar-refractivity contribution in [1.29, 1.82) is 0 Å². The van der Waals surface area contributed by atoms with Crippen molar-refractivity contribution in [2.24, 2.45) is 0 Å². The number of carbonyl (C=O) groups is 2. The molecule has 2 aromatic rings. The number of aromatic nitrogens is 1. The van der Waals surface area contributed by atoms with E-state index < -0.39 is 21.5 Å². The molecule has 0 aliphatic carbocycles. The summed E-state index contributed by atoms with van der Waals surface area (Å²) >= 11 is 5.89. The lowest BCUT2D eigenvalue weighted by atomic mass is 10.0. The van der Waals surface area contributed by atoms with E-state index in [2.05, 4.69) is 5.32 Å². The number of sulfonamides is 1. The van der Waals surface area contributed by atoms with Crippen LogP contribution in [0.15, 0.2) is 35.1 Å². The highest BCUT2D eigenvalue weighted by Crippen LogP contribution is 2.19. The molecule has 4 rings (SSSR count). The van der Waals surface area contributed by atoms with E-state index in [1.165, 1.54) is 14.9 Å². The van der Waals surface area contributed by atoms with Gasteiger partial charge in [-0.05, 0) is 42.2 Å². The zero-order valence-electron chi connectivity index (χ0n) is 18.9. The van der Waals surface area contributed by atoms with Crippen LogP contribution in [0.25, 0.3) is 0 Å². The largest absolute Gasteiger partial charge is 0.348 e. The molecule has 9 nitrogen and oxygen atoms in total. The second-order valence-corrected chi connectivity index (χ2v) is 10.9. The van der Waals surface area contributed by atoms with Gasteiger partial charge in [0.2, 0.25) is 10.0 Å². The Morgan fingerprint density at radius 2 is 1.82 bits per heavy atom. The first-order valence-corrected chi connectivity index (χ1v) is 13.3. The number of aryl methyl sites for hydroxylation is 1. The van der Waals surface area contributed by atoms with Crippen LogP contribution < -0.4 is 10.9 Å². The Bertz CT molecular complexity index is 1270. The maximum absolute atomic E-state index is 13.2. The fraction of sp³-hybridized carbons (Fsp3) is 0.435. The SMILES string of the molecule is CCc1cc(C(=O)NCc2ccc(Cl)cc2)c(=O)n2c1C(=O)N(CCN1CCCS1(=O)=O)CC2. The van der Waals surface area contributed by atoms with E-state index in [9.17, 15) is 22.8 Å². The van der Waals surface area contributed by atoms with Gasteiger partial charge in [0.25, 0.3) is 17.4 Å². The molecule has 0 spiro atoms. The van der Waals surface area contributed by atoms with Crippen molar-refractivity contribution in [2.75, 3.05) is 31.9 Å². The topological polar surface area (TPSA) is 109 Å². The highest BCUT2D eigenvalue weighted by molar-refractivity contribution is 7.89. The van der Waals surface area contributed by atoms with E-state index in [1.54, 1.807) is 29.2 Å². The van der Waals surface area contributed by atoms with Crippen LogP contribution in [0.4, 0.5) is 0 Å². The molecular formula is C23H27ClN4O5S. The van der Waals surface area contributed by atoms with E-state index >= 15 is 0 Å². The summed E-state index contributed by atoms with van der Waals surface area (Å²) in [5.74, 6) is -0.675. The van der Waals surface area contributed by atoms with Crippen molar-refractivity contribution in [1.82, 2.24) is 19.1 Å². The Labute approximate surface area is 203 Å². The summed E-state index contributed by atoms with van der Waals surface area (Å²) in [5.41, 5.74) is 1.23. The number of fused-ring (bicyclic) bond motifs is 1. The molecule has 1 aromatic carbocycles. The normalized spacial score (nSPS) is 17.6. The van der Waals surface area contributed by atoms with Gasteiger partial charge in [0.15, 0.2) is 0 Å². The van der Waals surface area contributed by atoms with Gasteiger partial charge in [-0.2, -0.15) is 0 Å². The summed E-state index contributed by atoms with van der Waals surface area (Å²) < 4.78 is 26.9. The van der Waals surface area contributed by atoms with Gasteiger partial charge >= 0.3 is 0 Å². The molecule has 1 saturated heterocycles. The first-order chi connectivity index (χ1) is 16.2. The number of benzene rings is 1. The number of halogens is 1. The predicted molar refractivity (Wildman–Crippen MR) is 129 cm³/mol. The van der Waals surface area contributed by atoms with E-state index in [0.29, 0.717) is 30.0 Å². The molecule has 1 fully saturated rings. The van der Waals surface area contributed by atoms with Gasteiger partial charge in [0.1, 0.15) is 11.3 Å². The lowest BCUT2D eigenvalue weighted by molar-refractivity contribution is 0.0690. The monoisotopic (exact) mass is 506 g/mol. The molecule has 1 aromatic heterocycles. The zero-order valence-corrected chi connectivity index (χ0v) is 20.5. The Morgan fingerprint density at radius 3 is 2.47 bits per heavy atom. The van der Waals surface area contributed by atoms with E-state index in [1.807, 2.05) is 6.92 Å². The standard InChI is InChI=1S/C23H27ClN4O5S/c1-2-17-14-19(21(29)25-15-16-4-6-18(24)7-5-16)22(30)28-12-10-26(23(31)20(17)28)9-11-27-8-3-13-34(27,32)33/h4-7,14H,2-3,8-13,15H2,1H3,(H,25,29). The number of nitrogens with zero attached hydrogens (tertiary/aromatic N) is 3.